The summed E-state index contributed by atoms with van der Waals surface area (Å²) in [5.41, 5.74) is 2.67. The second kappa shape index (κ2) is 8.34. The summed E-state index contributed by atoms with van der Waals surface area (Å²) in [5.74, 6) is 4.11. The standard InChI is InChI=1S/C20H20F2/c1-2-3-4-5-6-16-7-9-17(10-8-16)11-12-18-13-14-19(21)20(22)15-18/h7-10,13-15H,2-6H2,1H3. The summed E-state index contributed by atoms with van der Waals surface area (Å²) in [5, 5.41) is 0. The Kier molecular flexibility index (Phi) is 6.15. The van der Waals surface area contributed by atoms with Crippen LogP contribution in [0.15, 0.2) is 42.5 Å². The van der Waals surface area contributed by atoms with Gasteiger partial charge in [0, 0.05) is 11.1 Å². The Hall–Kier alpha value is -2.14. The van der Waals surface area contributed by atoms with E-state index in [0.717, 1.165) is 24.1 Å². The first-order chi connectivity index (χ1) is 10.7. The van der Waals surface area contributed by atoms with Crippen LogP contribution in [0.3, 0.4) is 0 Å². The molecule has 0 aliphatic heterocycles. The van der Waals surface area contributed by atoms with Crippen molar-refractivity contribution >= 4 is 0 Å². The molecule has 2 heteroatoms. The minimum atomic E-state index is -0.866. The second-order valence-electron chi connectivity index (χ2n) is 5.39. The summed E-state index contributed by atoms with van der Waals surface area (Å²) < 4.78 is 25.9. The van der Waals surface area contributed by atoms with Gasteiger partial charge in [-0.15, -0.1) is 0 Å². The van der Waals surface area contributed by atoms with Crippen molar-refractivity contribution in [3.05, 3.63) is 70.8 Å². The summed E-state index contributed by atoms with van der Waals surface area (Å²) >= 11 is 0. The first-order valence-electron chi connectivity index (χ1n) is 7.75. The van der Waals surface area contributed by atoms with Gasteiger partial charge in [-0.2, -0.15) is 0 Å². The molecule has 0 atom stereocenters. The minimum Gasteiger partial charge on any atom is -0.204 e. The van der Waals surface area contributed by atoms with Gasteiger partial charge >= 0.3 is 0 Å². The quantitative estimate of drug-likeness (QED) is 0.506. The van der Waals surface area contributed by atoms with Crippen LogP contribution in [-0.4, -0.2) is 0 Å². The van der Waals surface area contributed by atoms with E-state index in [0.29, 0.717) is 5.56 Å². The Labute approximate surface area is 131 Å². The Morgan fingerprint density at radius 3 is 2.14 bits per heavy atom. The summed E-state index contributed by atoms with van der Waals surface area (Å²) in [6, 6.07) is 11.8. The highest BCUT2D eigenvalue weighted by molar-refractivity contribution is 5.43. The van der Waals surface area contributed by atoms with Crippen LogP contribution < -0.4 is 0 Å². The molecule has 0 fully saturated rings. The van der Waals surface area contributed by atoms with Gasteiger partial charge in [0.15, 0.2) is 11.6 Å². The monoisotopic (exact) mass is 298 g/mol. The summed E-state index contributed by atoms with van der Waals surface area (Å²) in [7, 11) is 0. The van der Waals surface area contributed by atoms with Gasteiger partial charge in [-0.25, -0.2) is 8.78 Å². The number of halogens is 2. The van der Waals surface area contributed by atoms with Crippen molar-refractivity contribution in [1.29, 1.82) is 0 Å². The molecule has 0 unspecified atom stereocenters. The van der Waals surface area contributed by atoms with E-state index in [4.69, 9.17) is 0 Å². The van der Waals surface area contributed by atoms with Gasteiger partial charge in [-0.3, -0.25) is 0 Å². The fourth-order valence-electron chi connectivity index (χ4n) is 2.23. The van der Waals surface area contributed by atoms with E-state index in [1.165, 1.54) is 37.3 Å². The molecule has 2 aromatic rings. The smallest absolute Gasteiger partial charge is 0.160 e. The lowest BCUT2D eigenvalue weighted by atomic mass is 10.0. The zero-order chi connectivity index (χ0) is 15.8. The molecule has 0 aliphatic rings. The summed E-state index contributed by atoms with van der Waals surface area (Å²) in [6.45, 7) is 2.21. The predicted molar refractivity (Wildman–Crippen MR) is 86.6 cm³/mol. The maximum absolute atomic E-state index is 13.1. The van der Waals surface area contributed by atoms with Crippen molar-refractivity contribution in [1.82, 2.24) is 0 Å². The highest BCUT2D eigenvalue weighted by Gasteiger charge is 2.00. The fraction of sp³-hybridized carbons (Fsp3) is 0.300. The van der Waals surface area contributed by atoms with Crippen molar-refractivity contribution in [3.63, 3.8) is 0 Å². The normalized spacial score (nSPS) is 10.1. The first kappa shape index (κ1) is 16.2. The van der Waals surface area contributed by atoms with Gasteiger partial charge < -0.3 is 0 Å². The maximum atomic E-state index is 13.1. The molecule has 0 N–H and O–H groups in total. The van der Waals surface area contributed by atoms with Crippen molar-refractivity contribution in [2.24, 2.45) is 0 Å². The number of benzene rings is 2. The molecule has 2 aromatic carbocycles. The van der Waals surface area contributed by atoms with Gasteiger partial charge in [0.2, 0.25) is 0 Å². The van der Waals surface area contributed by atoms with Crippen LogP contribution in [0.1, 0.15) is 49.3 Å². The van der Waals surface area contributed by atoms with Gasteiger partial charge in [-0.1, -0.05) is 50.2 Å². The Morgan fingerprint density at radius 1 is 0.773 bits per heavy atom. The molecule has 0 bridgehead atoms. The van der Waals surface area contributed by atoms with E-state index < -0.39 is 11.6 Å². The average Bonchev–Trinajstić information content (AvgIpc) is 2.54. The van der Waals surface area contributed by atoms with E-state index >= 15 is 0 Å². The lowest BCUT2D eigenvalue weighted by Crippen LogP contribution is -1.87. The molecular formula is C20H20F2. The number of aryl methyl sites for hydroxylation is 1. The molecule has 22 heavy (non-hydrogen) atoms. The van der Waals surface area contributed by atoms with Crippen molar-refractivity contribution < 1.29 is 8.78 Å². The highest BCUT2D eigenvalue weighted by Crippen LogP contribution is 2.10. The predicted octanol–water partition coefficient (Wildman–Crippen LogP) is 5.49. The molecule has 0 heterocycles. The minimum absolute atomic E-state index is 0.475. The lowest BCUT2D eigenvalue weighted by molar-refractivity contribution is 0.508. The molecule has 2 rings (SSSR count). The molecule has 114 valence electrons. The van der Waals surface area contributed by atoms with Gasteiger partial charge in [0.1, 0.15) is 0 Å². The largest absolute Gasteiger partial charge is 0.204 e. The number of hydrogen-bond donors (Lipinski definition) is 0. The van der Waals surface area contributed by atoms with E-state index in [-0.39, 0.29) is 0 Å². The van der Waals surface area contributed by atoms with Gasteiger partial charge in [0.05, 0.1) is 0 Å². The van der Waals surface area contributed by atoms with Crippen LogP contribution >= 0.6 is 0 Å². The molecule has 0 radical (unpaired) electrons. The maximum Gasteiger partial charge on any atom is 0.160 e. The zero-order valence-electron chi connectivity index (χ0n) is 12.8. The van der Waals surface area contributed by atoms with Crippen molar-refractivity contribution in [2.45, 2.75) is 39.0 Å². The highest BCUT2D eigenvalue weighted by atomic mass is 19.2. The number of unbranched alkanes of at least 4 members (excludes halogenated alkanes) is 3. The lowest BCUT2D eigenvalue weighted by Gasteiger charge is -2.01. The Balaban J connectivity index is 1.96. The Bertz CT molecular complexity index is 660. The van der Waals surface area contributed by atoms with Gasteiger partial charge in [-0.05, 0) is 48.7 Å². The molecule has 0 amide bonds. The summed E-state index contributed by atoms with van der Waals surface area (Å²) in [6.07, 6.45) is 6.12. The van der Waals surface area contributed by atoms with Crippen LogP contribution in [0.4, 0.5) is 8.78 Å². The molecular weight excluding hydrogens is 278 g/mol. The molecule has 0 saturated heterocycles. The average molecular weight is 298 g/mol. The van der Waals surface area contributed by atoms with Crippen LogP contribution in [-0.2, 0) is 6.42 Å². The third-order valence-electron chi connectivity index (χ3n) is 3.54. The molecule has 0 nitrogen and oxygen atoms in total. The fourth-order valence-corrected chi connectivity index (χ4v) is 2.23. The van der Waals surface area contributed by atoms with Crippen LogP contribution in [0.2, 0.25) is 0 Å². The first-order valence-corrected chi connectivity index (χ1v) is 7.75. The van der Waals surface area contributed by atoms with E-state index in [2.05, 4.69) is 30.9 Å². The topological polar surface area (TPSA) is 0 Å². The van der Waals surface area contributed by atoms with Crippen molar-refractivity contribution in [3.8, 4) is 11.8 Å². The summed E-state index contributed by atoms with van der Waals surface area (Å²) in [4.78, 5) is 0. The molecule has 0 saturated carbocycles. The van der Waals surface area contributed by atoms with Crippen LogP contribution in [0.25, 0.3) is 0 Å². The number of rotatable bonds is 5. The van der Waals surface area contributed by atoms with Crippen molar-refractivity contribution in [2.75, 3.05) is 0 Å². The van der Waals surface area contributed by atoms with Crippen LogP contribution in [0, 0.1) is 23.5 Å². The van der Waals surface area contributed by atoms with Gasteiger partial charge in [0.25, 0.3) is 0 Å². The second-order valence-corrected chi connectivity index (χ2v) is 5.39. The zero-order valence-corrected chi connectivity index (χ0v) is 12.8. The Morgan fingerprint density at radius 2 is 1.45 bits per heavy atom. The number of hydrogen-bond acceptors (Lipinski definition) is 0. The molecule has 0 aliphatic carbocycles. The SMILES string of the molecule is CCCCCCc1ccc(C#Cc2ccc(F)c(F)c2)cc1. The molecule has 0 aromatic heterocycles. The van der Waals surface area contributed by atoms with Crippen LogP contribution in [0.5, 0.6) is 0 Å². The van der Waals surface area contributed by atoms with E-state index in [9.17, 15) is 8.78 Å². The van der Waals surface area contributed by atoms with E-state index in [1.54, 1.807) is 0 Å². The third kappa shape index (κ3) is 5.00. The third-order valence-corrected chi connectivity index (χ3v) is 3.54. The van der Waals surface area contributed by atoms with E-state index in [1.807, 2.05) is 12.1 Å². The molecule has 0 spiro atoms.